The standard InChI is InChI=1S/C22H34O2S/c1-2-3-4-5-6-7-8-9-10-11-12-13-14-15-16-17-18-19-20-21-22(23)24-25/h6-7,9-10,12-13,15-16,18-19,25H,2-5,8,11,14,17,20-21H2,1H3. The molecule has 0 spiro atoms. The van der Waals surface area contributed by atoms with Crippen LogP contribution < -0.4 is 0 Å². The zero-order valence-corrected chi connectivity index (χ0v) is 16.5. The Kier molecular flexibility index (Phi) is 19.3. The molecule has 0 bridgehead atoms. The van der Waals surface area contributed by atoms with Crippen LogP contribution in [-0.4, -0.2) is 5.97 Å². The highest BCUT2D eigenvalue weighted by atomic mass is 32.1. The molecule has 0 saturated heterocycles. The van der Waals surface area contributed by atoms with E-state index in [9.17, 15) is 4.79 Å². The smallest absolute Gasteiger partial charge is 0.317 e. The number of thiol groups is 1. The summed E-state index contributed by atoms with van der Waals surface area (Å²) in [5, 5.41) is 0. The van der Waals surface area contributed by atoms with Gasteiger partial charge in [-0.15, -0.1) is 0 Å². The van der Waals surface area contributed by atoms with Crippen molar-refractivity contribution in [3.63, 3.8) is 0 Å². The minimum absolute atomic E-state index is 0.286. The Morgan fingerprint density at radius 2 is 1.16 bits per heavy atom. The van der Waals surface area contributed by atoms with Crippen LogP contribution in [0.5, 0.6) is 0 Å². The zero-order chi connectivity index (χ0) is 18.4. The van der Waals surface area contributed by atoms with Crippen molar-refractivity contribution in [3.05, 3.63) is 60.8 Å². The molecule has 0 N–H and O–H groups in total. The van der Waals surface area contributed by atoms with Crippen LogP contribution >= 0.6 is 12.9 Å². The first-order valence-corrected chi connectivity index (χ1v) is 9.77. The Hall–Kier alpha value is -1.48. The quantitative estimate of drug-likeness (QED) is 0.146. The van der Waals surface area contributed by atoms with Gasteiger partial charge in [0, 0.05) is 12.9 Å². The molecular formula is C22H34O2S. The molecule has 0 saturated carbocycles. The van der Waals surface area contributed by atoms with E-state index in [0.29, 0.717) is 12.8 Å². The third kappa shape index (κ3) is 20.5. The second-order valence-electron chi connectivity index (χ2n) is 5.80. The molecule has 0 aromatic carbocycles. The molecule has 140 valence electrons. The number of carbonyl (C=O) groups is 1. The van der Waals surface area contributed by atoms with Crippen LogP contribution in [0.3, 0.4) is 0 Å². The summed E-state index contributed by atoms with van der Waals surface area (Å²) in [5.41, 5.74) is 0. The average molecular weight is 363 g/mol. The van der Waals surface area contributed by atoms with E-state index in [2.05, 4.69) is 78.7 Å². The Morgan fingerprint density at radius 1 is 0.720 bits per heavy atom. The van der Waals surface area contributed by atoms with Crippen LogP contribution in [0, 0.1) is 0 Å². The van der Waals surface area contributed by atoms with Gasteiger partial charge in [0.15, 0.2) is 0 Å². The minimum atomic E-state index is -0.286. The van der Waals surface area contributed by atoms with Gasteiger partial charge in [0.05, 0.1) is 6.42 Å². The number of hydrogen-bond acceptors (Lipinski definition) is 3. The molecule has 0 amide bonds. The van der Waals surface area contributed by atoms with E-state index in [4.69, 9.17) is 0 Å². The maximum absolute atomic E-state index is 10.8. The number of hydrogen-bond donors (Lipinski definition) is 1. The highest BCUT2D eigenvalue weighted by Gasteiger charge is 1.95. The van der Waals surface area contributed by atoms with Crippen molar-refractivity contribution in [2.75, 3.05) is 0 Å². The predicted octanol–water partition coefficient (Wildman–Crippen LogP) is 7.08. The van der Waals surface area contributed by atoms with Gasteiger partial charge in [-0.1, -0.05) is 80.5 Å². The summed E-state index contributed by atoms with van der Waals surface area (Å²) in [6, 6.07) is 0. The second kappa shape index (κ2) is 20.6. The molecule has 3 heteroatoms. The van der Waals surface area contributed by atoms with Gasteiger partial charge in [-0.2, -0.15) is 0 Å². The second-order valence-corrected chi connectivity index (χ2v) is 5.98. The summed E-state index contributed by atoms with van der Waals surface area (Å²) in [6.07, 6.45) is 31.9. The Balaban J connectivity index is 3.48. The fraction of sp³-hybridized carbons (Fsp3) is 0.500. The van der Waals surface area contributed by atoms with Gasteiger partial charge in [-0.25, -0.2) is 0 Å². The van der Waals surface area contributed by atoms with E-state index in [-0.39, 0.29) is 5.97 Å². The summed E-state index contributed by atoms with van der Waals surface area (Å²) < 4.78 is 4.28. The number of unbranched alkanes of at least 4 members (excludes halogenated alkanes) is 3. The molecule has 0 rings (SSSR count). The van der Waals surface area contributed by atoms with Gasteiger partial charge in [-0.05, 0) is 44.9 Å². The van der Waals surface area contributed by atoms with Crippen molar-refractivity contribution in [2.45, 2.75) is 71.1 Å². The van der Waals surface area contributed by atoms with Crippen molar-refractivity contribution in [1.29, 1.82) is 0 Å². The van der Waals surface area contributed by atoms with Crippen molar-refractivity contribution >= 4 is 18.9 Å². The lowest BCUT2D eigenvalue weighted by Gasteiger charge is -1.91. The normalized spacial score (nSPS) is 12.6. The topological polar surface area (TPSA) is 26.3 Å². The molecule has 2 nitrogen and oxygen atoms in total. The molecule has 0 heterocycles. The van der Waals surface area contributed by atoms with E-state index in [1.807, 2.05) is 6.08 Å². The minimum Gasteiger partial charge on any atom is -0.395 e. The van der Waals surface area contributed by atoms with E-state index >= 15 is 0 Å². The highest BCUT2D eigenvalue weighted by Crippen LogP contribution is 2.01. The first-order chi connectivity index (χ1) is 12.3. The molecule has 0 atom stereocenters. The first kappa shape index (κ1) is 23.5. The summed E-state index contributed by atoms with van der Waals surface area (Å²) in [5.74, 6) is -0.286. The van der Waals surface area contributed by atoms with Crippen LogP contribution in [0.25, 0.3) is 0 Å². The molecule has 0 aromatic heterocycles. The molecular weight excluding hydrogens is 328 g/mol. The van der Waals surface area contributed by atoms with Crippen LogP contribution in [-0.2, 0) is 8.98 Å². The van der Waals surface area contributed by atoms with Gasteiger partial charge < -0.3 is 4.18 Å². The molecule has 0 aromatic rings. The number of rotatable bonds is 15. The van der Waals surface area contributed by atoms with E-state index < -0.39 is 0 Å². The molecule has 25 heavy (non-hydrogen) atoms. The summed E-state index contributed by atoms with van der Waals surface area (Å²) in [7, 11) is 0. The van der Waals surface area contributed by atoms with Crippen molar-refractivity contribution in [1.82, 2.24) is 0 Å². The van der Waals surface area contributed by atoms with Gasteiger partial charge in [0.1, 0.15) is 0 Å². The summed E-state index contributed by atoms with van der Waals surface area (Å²) in [6.45, 7) is 2.24. The van der Waals surface area contributed by atoms with E-state index in [1.165, 1.54) is 25.7 Å². The average Bonchev–Trinajstić information content (AvgIpc) is 2.63. The zero-order valence-electron chi connectivity index (χ0n) is 15.6. The molecule has 0 aliphatic rings. The van der Waals surface area contributed by atoms with Gasteiger partial charge in [0.2, 0.25) is 0 Å². The maximum atomic E-state index is 10.8. The summed E-state index contributed by atoms with van der Waals surface area (Å²) >= 11 is 3.46. The van der Waals surface area contributed by atoms with E-state index in [0.717, 1.165) is 25.7 Å². The largest absolute Gasteiger partial charge is 0.395 e. The van der Waals surface area contributed by atoms with Gasteiger partial charge in [0.25, 0.3) is 0 Å². The molecule has 0 aliphatic heterocycles. The Bertz CT molecular complexity index is 445. The Morgan fingerprint density at radius 3 is 1.60 bits per heavy atom. The fourth-order valence-corrected chi connectivity index (χ4v) is 2.17. The third-order valence-electron chi connectivity index (χ3n) is 3.51. The van der Waals surface area contributed by atoms with Crippen LogP contribution in [0.4, 0.5) is 0 Å². The monoisotopic (exact) mass is 362 g/mol. The van der Waals surface area contributed by atoms with Crippen molar-refractivity contribution in [2.24, 2.45) is 0 Å². The van der Waals surface area contributed by atoms with Crippen LogP contribution in [0.1, 0.15) is 71.1 Å². The number of allylic oxidation sites excluding steroid dienone is 10. The third-order valence-corrected chi connectivity index (χ3v) is 3.72. The highest BCUT2D eigenvalue weighted by molar-refractivity contribution is 7.75. The lowest BCUT2D eigenvalue weighted by molar-refractivity contribution is -0.132. The van der Waals surface area contributed by atoms with Gasteiger partial charge >= 0.3 is 5.97 Å². The van der Waals surface area contributed by atoms with E-state index in [1.54, 1.807) is 0 Å². The molecule has 0 aliphatic carbocycles. The predicted molar refractivity (Wildman–Crippen MR) is 113 cm³/mol. The molecule has 0 radical (unpaired) electrons. The maximum Gasteiger partial charge on any atom is 0.317 e. The SMILES string of the molecule is CCCCCC=CCC=CCC=CCC=CCC=CCCC(=O)OS. The molecule has 0 fully saturated rings. The fourth-order valence-electron chi connectivity index (χ4n) is 2.08. The lowest BCUT2D eigenvalue weighted by atomic mass is 10.2. The van der Waals surface area contributed by atoms with Crippen LogP contribution in [0.15, 0.2) is 60.8 Å². The Labute approximate surface area is 160 Å². The van der Waals surface area contributed by atoms with Crippen molar-refractivity contribution < 1.29 is 8.98 Å². The van der Waals surface area contributed by atoms with Gasteiger partial charge in [-0.3, -0.25) is 4.79 Å². The summed E-state index contributed by atoms with van der Waals surface area (Å²) in [4.78, 5) is 10.8. The number of carbonyl (C=O) groups excluding carboxylic acids is 1. The lowest BCUT2D eigenvalue weighted by Crippen LogP contribution is -1.94. The van der Waals surface area contributed by atoms with Crippen LogP contribution in [0.2, 0.25) is 0 Å². The first-order valence-electron chi connectivity index (χ1n) is 9.40. The molecule has 0 unspecified atom stereocenters. The van der Waals surface area contributed by atoms with Crippen molar-refractivity contribution in [3.8, 4) is 0 Å².